The molecule has 3 heteroatoms. The molecule has 1 saturated heterocycles. The van der Waals surface area contributed by atoms with Crippen LogP contribution in [0.2, 0.25) is 0 Å². The second kappa shape index (κ2) is 5.60. The molecule has 1 aliphatic heterocycles. The van der Waals surface area contributed by atoms with Gasteiger partial charge in [0.1, 0.15) is 0 Å². The Morgan fingerprint density at radius 3 is 2.67 bits per heavy atom. The minimum Gasteiger partial charge on any atom is -0.354 e. The van der Waals surface area contributed by atoms with E-state index >= 15 is 0 Å². The van der Waals surface area contributed by atoms with Crippen LogP contribution >= 0.6 is 0 Å². The largest absolute Gasteiger partial charge is 0.354 e. The topological polar surface area (TPSA) is 32.3 Å². The summed E-state index contributed by atoms with van der Waals surface area (Å²) in [4.78, 5) is 14.3. The predicted octanol–water partition coefficient (Wildman–Crippen LogP) is 2.41. The Morgan fingerprint density at radius 1 is 1.33 bits per heavy atom. The minimum atomic E-state index is 0.0956. The molecule has 0 unspecified atom stereocenters. The van der Waals surface area contributed by atoms with E-state index in [0.717, 1.165) is 25.3 Å². The minimum absolute atomic E-state index is 0.0956. The smallest absolute Gasteiger partial charge is 0.223 e. The van der Waals surface area contributed by atoms with Gasteiger partial charge in [-0.15, -0.1) is 0 Å². The Balaban J connectivity index is 1.82. The Bertz CT molecular complexity index is 297. The average molecular weight is 252 g/mol. The third-order valence-corrected chi connectivity index (χ3v) is 4.60. The molecule has 18 heavy (non-hydrogen) atoms. The maximum atomic E-state index is 11.7. The van der Waals surface area contributed by atoms with E-state index < -0.39 is 0 Å². The number of carbonyl (C=O) groups excluding carboxylic acids is 1. The summed E-state index contributed by atoms with van der Waals surface area (Å²) in [6, 6.07) is 0. The number of likely N-dealkylation sites (tertiary alicyclic amines) is 1. The van der Waals surface area contributed by atoms with E-state index in [1.54, 1.807) is 0 Å². The molecule has 2 aliphatic rings. The fraction of sp³-hybridized carbons (Fsp3) is 0.933. The van der Waals surface area contributed by atoms with Crippen molar-refractivity contribution in [1.82, 2.24) is 10.2 Å². The molecule has 2 rings (SSSR count). The van der Waals surface area contributed by atoms with Crippen molar-refractivity contribution < 1.29 is 4.79 Å². The number of hydrogen-bond donors (Lipinski definition) is 1. The molecule has 1 heterocycles. The first-order chi connectivity index (χ1) is 8.53. The highest BCUT2D eigenvalue weighted by atomic mass is 16.2. The highest BCUT2D eigenvalue weighted by Crippen LogP contribution is 2.29. The van der Waals surface area contributed by atoms with E-state index in [-0.39, 0.29) is 11.4 Å². The SMILES string of the molecule is CC[C@H]1CCCN(C(C)(C)CNC(=O)C2CC2)C1. The Morgan fingerprint density at radius 2 is 2.06 bits per heavy atom. The van der Waals surface area contributed by atoms with Crippen LogP contribution in [0.25, 0.3) is 0 Å². The van der Waals surface area contributed by atoms with Gasteiger partial charge in [0, 0.05) is 24.5 Å². The average Bonchev–Trinajstić information content (AvgIpc) is 3.20. The lowest BCUT2D eigenvalue weighted by Gasteiger charge is -2.43. The quantitative estimate of drug-likeness (QED) is 0.815. The fourth-order valence-electron chi connectivity index (χ4n) is 2.85. The van der Waals surface area contributed by atoms with Crippen molar-refractivity contribution >= 4 is 5.91 Å². The summed E-state index contributed by atoms with van der Waals surface area (Å²) in [7, 11) is 0. The molecule has 0 bridgehead atoms. The van der Waals surface area contributed by atoms with Crippen LogP contribution in [0, 0.1) is 11.8 Å². The maximum absolute atomic E-state index is 11.7. The third kappa shape index (κ3) is 3.47. The van der Waals surface area contributed by atoms with Crippen molar-refractivity contribution in [2.45, 2.75) is 58.4 Å². The second-order valence-corrected chi connectivity index (χ2v) is 6.67. The van der Waals surface area contributed by atoms with Crippen LogP contribution < -0.4 is 5.32 Å². The molecular weight excluding hydrogens is 224 g/mol. The van der Waals surface area contributed by atoms with Gasteiger partial charge in [-0.1, -0.05) is 13.3 Å². The van der Waals surface area contributed by atoms with Crippen molar-refractivity contribution in [3.63, 3.8) is 0 Å². The molecule has 0 radical (unpaired) electrons. The summed E-state index contributed by atoms with van der Waals surface area (Å²) >= 11 is 0. The van der Waals surface area contributed by atoms with Crippen LogP contribution in [-0.4, -0.2) is 36.0 Å². The summed E-state index contributed by atoms with van der Waals surface area (Å²) in [6.07, 6.45) is 6.14. The van der Waals surface area contributed by atoms with Crippen LogP contribution in [0.5, 0.6) is 0 Å². The molecule has 104 valence electrons. The first kappa shape index (κ1) is 13.9. The summed E-state index contributed by atoms with van der Waals surface area (Å²) in [5.74, 6) is 1.44. The number of hydrogen-bond acceptors (Lipinski definition) is 2. The first-order valence-corrected chi connectivity index (χ1v) is 7.55. The summed E-state index contributed by atoms with van der Waals surface area (Å²) in [6.45, 7) is 9.98. The van der Waals surface area contributed by atoms with Gasteiger partial charge in [-0.3, -0.25) is 9.69 Å². The van der Waals surface area contributed by atoms with Crippen molar-refractivity contribution in [2.75, 3.05) is 19.6 Å². The Kier molecular flexibility index (Phi) is 4.31. The molecule has 1 amide bonds. The van der Waals surface area contributed by atoms with Crippen LogP contribution in [0.4, 0.5) is 0 Å². The molecule has 1 aliphatic carbocycles. The van der Waals surface area contributed by atoms with Gasteiger partial charge in [-0.2, -0.15) is 0 Å². The standard InChI is InChI=1S/C15H28N2O/c1-4-12-6-5-9-17(10-12)15(2,3)11-16-14(18)13-7-8-13/h12-13H,4-11H2,1-3H3,(H,16,18)/t12-/m0/s1. The molecule has 0 aromatic carbocycles. The number of piperidine rings is 1. The molecule has 2 fully saturated rings. The lowest BCUT2D eigenvalue weighted by atomic mass is 9.91. The van der Waals surface area contributed by atoms with Gasteiger partial charge in [0.2, 0.25) is 5.91 Å². The molecule has 1 N–H and O–H groups in total. The van der Waals surface area contributed by atoms with Crippen LogP contribution in [0.15, 0.2) is 0 Å². The van der Waals surface area contributed by atoms with E-state index in [9.17, 15) is 4.79 Å². The Labute approximate surface area is 111 Å². The van der Waals surface area contributed by atoms with Crippen molar-refractivity contribution in [3.8, 4) is 0 Å². The fourth-order valence-corrected chi connectivity index (χ4v) is 2.85. The highest BCUT2D eigenvalue weighted by Gasteiger charge is 2.34. The zero-order chi connectivity index (χ0) is 13.2. The van der Waals surface area contributed by atoms with Gasteiger partial charge in [-0.05, 0) is 52.0 Å². The number of amides is 1. The third-order valence-electron chi connectivity index (χ3n) is 4.60. The lowest BCUT2D eigenvalue weighted by Crippen LogP contribution is -2.55. The number of carbonyl (C=O) groups is 1. The maximum Gasteiger partial charge on any atom is 0.223 e. The highest BCUT2D eigenvalue weighted by molar-refractivity contribution is 5.80. The molecule has 0 aromatic heterocycles. The number of nitrogens with one attached hydrogen (secondary N) is 1. The predicted molar refractivity (Wildman–Crippen MR) is 74.4 cm³/mol. The van der Waals surface area contributed by atoms with Crippen molar-refractivity contribution in [3.05, 3.63) is 0 Å². The monoisotopic (exact) mass is 252 g/mol. The number of nitrogens with zero attached hydrogens (tertiary/aromatic N) is 1. The van der Waals surface area contributed by atoms with E-state index in [2.05, 4.69) is 31.0 Å². The molecular formula is C15H28N2O. The summed E-state index contributed by atoms with van der Waals surface area (Å²) in [5, 5.41) is 3.13. The van der Waals surface area contributed by atoms with E-state index in [1.807, 2.05) is 0 Å². The molecule has 0 aromatic rings. The van der Waals surface area contributed by atoms with Crippen LogP contribution in [0.3, 0.4) is 0 Å². The molecule has 3 nitrogen and oxygen atoms in total. The zero-order valence-electron chi connectivity index (χ0n) is 12.2. The molecule has 1 saturated carbocycles. The van der Waals surface area contributed by atoms with Gasteiger partial charge in [0.15, 0.2) is 0 Å². The van der Waals surface area contributed by atoms with E-state index in [4.69, 9.17) is 0 Å². The second-order valence-electron chi connectivity index (χ2n) is 6.67. The van der Waals surface area contributed by atoms with Gasteiger partial charge in [-0.25, -0.2) is 0 Å². The van der Waals surface area contributed by atoms with E-state index in [0.29, 0.717) is 5.92 Å². The van der Waals surface area contributed by atoms with Crippen molar-refractivity contribution in [2.24, 2.45) is 11.8 Å². The Hall–Kier alpha value is -0.570. The van der Waals surface area contributed by atoms with Crippen LogP contribution in [0.1, 0.15) is 52.9 Å². The van der Waals surface area contributed by atoms with Gasteiger partial charge in [0.05, 0.1) is 0 Å². The van der Waals surface area contributed by atoms with Crippen molar-refractivity contribution in [1.29, 1.82) is 0 Å². The normalized spacial score (nSPS) is 26.1. The first-order valence-electron chi connectivity index (χ1n) is 7.55. The molecule has 0 spiro atoms. The molecule has 1 atom stereocenters. The summed E-state index contributed by atoms with van der Waals surface area (Å²) in [5.41, 5.74) is 0.0956. The lowest BCUT2D eigenvalue weighted by molar-refractivity contribution is -0.123. The van der Waals surface area contributed by atoms with Gasteiger partial charge >= 0.3 is 0 Å². The van der Waals surface area contributed by atoms with Gasteiger partial charge < -0.3 is 5.32 Å². The van der Waals surface area contributed by atoms with Crippen LogP contribution in [-0.2, 0) is 4.79 Å². The zero-order valence-corrected chi connectivity index (χ0v) is 12.2. The summed E-state index contributed by atoms with van der Waals surface area (Å²) < 4.78 is 0. The number of rotatable bonds is 5. The van der Waals surface area contributed by atoms with Gasteiger partial charge in [0.25, 0.3) is 0 Å². The van der Waals surface area contributed by atoms with E-state index in [1.165, 1.54) is 32.4 Å².